The minimum atomic E-state index is -0.0686. The number of piperazine rings is 1. The predicted octanol–water partition coefficient (Wildman–Crippen LogP) is 2.47. The fourth-order valence-electron chi connectivity index (χ4n) is 3.43. The van der Waals surface area contributed by atoms with Gasteiger partial charge in [0.2, 0.25) is 5.91 Å². The molecule has 154 valence electrons. The Morgan fingerprint density at radius 1 is 1.10 bits per heavy atom. The number of benzene rings is 2. The molecule has 0 radical (unpaired) electrons. The zero-order valence-corrected chi connectivity index (χ0v) is 17.2. The summed E-state index contributed by atoms with van der Waals surface area (Å²) in [4.78, 5) is 29.4. The molecule has 2 aromatic rings. The Kier molecular flexibility index (Phi) is 7.25. The van der Waals surface area contributed by atoms with Gasteiger partial charge < -0.3 is 19.9 Å². The van der Waals surface area contributed by atoms with Crippen molar-refractivity contribution >= 4 is 11.8 Å². The number of ether oxygens (including phenoxy) is 1. The van der Waals surface area contributed by atoms with Gasteiger partial charge >= 0.3 is 0 Å². The fraction of sp³-hybridized carbons (Fsp3) is 0.391. The standard InChI is InChI=1S/C23H29N3O3/c1-18-6-8-20(9-7-18)23(28)26(17-19-4-3-5-21(16-19)29-2)13-10-22(27)25-14-11-24-12-15-25/h3-9,16,24H,10-15,17H2,1-2H3. The highest BCUT2D eigenvalue weighted by atomic mass is 16.5. The van der Waals surface area contributed by atoms with Crippen LogP contribution < -0.4 is 10.1 Å². The van der Waals surface area contributed by atoms with E-state index >= 15 is 0 Å². The van der Waals surface area contributed by atoms with Crippen molar-refractivity contribution in [3.63, 3.8) is 0 Å². The Hall–Kier alpha value is -2.86. The van der Waals surface area contributed by atoms with Gasteiger partial charge in [-0.2, -0.15) is 0 Å². The van der Waals surface area contributed by atoms with Gasteiger partial charge in [-0.3, -0.25) is 9.59 Å². The Labute approximate surface area is 172 Å². The summed E-state index contributed by atoms with van der Waals surface area (Å²) >= 11 is 0. The topological polar surface area (TPSA) is 61.9 Å². The maximum atomic E-state index is 13.2. The van der Waals surface area contributed by atoms with Crippen molar-refractivity contribution in [1.82, 2.24) is 15.1 Å². The normalized spacial score (nSPS) is 13.8. The second-order valence-electron chi connectivity index (χ2n) is 7.33. The van der Waals surface area contributed by atoms with Gasteiger partial charge in [-0.1, -0.05) is 29.8 Å². The molecule has 6 nitrogen and oxygen atoms in total. The third-order valence-electron chi connectivity index (χ3n) is 5.16. The number of nitrogens with one attached hydrogen (secondary N) is 1. The molecule has 0 bridgehead atoms. The van der Waals surface area contributed by atoms with Crippen molar-refractivity contribution in [2.75, 3.05) is 39.8 Å². The molecule has 6 heteroatoms. The van der Waals surface area contributed by atoms with Crippen LogP contribution in [-0.2, 0) is 11.3 Å². The van der Waals surface area contributed by atoms with Gasteiger partial charge in [-0.05, 0) is 36.8 Å². The number of aryl methyl sites for hydroxylation is 1. The number of carbonyl (C=O) groups excluding carboxylic acids is 2. The van der Waals surface area contributed by atoms with E-state index in [1.165, 1.54) is 0 Å². The molecule has 0 saturated carbocycles. The van der Waals surface area contributed by atoms with Gasteiger partial charge in [-0.25, -0.2) is 0 Å². The Balaban J connectivity index is 1.73. The lowest BCUT2D eigenvalue weighted by molar-refractivity contribution is -0.132. The molecule has 3 rings (SSSR count). The largest absolute Gasteiger partial charge is 0.497 e. The molecule has 1 fully saturated rings. The summed E-state index contributed by atoms with van der Waals surface area (Å²) in [6, 6.07) is 15.2. The van der Waals surface area contributed by atoms with Crippen LogP contribution in [0, 0.1) is 6.92 Å². The van der Waals surface area contributed by atoms with Crippen LogP contribution in [0.2, 0.25) is 0 Å². The second kappa shape index (κ2) is 10.1. The van der Waals surface area contributed by atoms with Crippen LogP contribution in [0.4, 0.5) is 0 Å². The fourth-order valence-corrected chi connectivity index (χ4v) is 3.43. The van der Waals surface area contributed by atoms with E-state index in [-0.39, 0.29) is 11.8 Å². The molecule has 0 spiro atoms. The Morgan fingerprint density at radius 2 is 1.83 bits per heavy atom. The van der Waals surface area contributed by atoms with E-state index in [9.17, 15) is 9.59 Å². The Morgan fingerprint density at radius 3 is 2.52 bits per heavy atom. The molecule has 2 aromatic carbocycles. The molecule has 0 unspecified atom stereocenters. The van der Waals surface area contributed by atoms with Crippen molar-refractivity contribution in [3.05, 3.63) is 65.2 Å². The summed E-state index contributed by atoms with van der Waals surface area (Å²) < 4.78 is 5.30. The van der Waals surface area contributed by atoms with Gasteiger partial charge in [0.15, 0.2) is 0 Å². The minimum absolute atomic E-state index is 0.0686. The number of nitrogens with zero attached hydrogens (tertiary/aromatic N) is 2. The first-order valence-corrected chi connectivity index (χ1v) is 10.0. The number of carbonyl (C=O) groups is 2. The van der Waals surface area contributed by atoms with E-state index in [2.05, 4.69) is 5.32 Å². The molecule has 0 aliphatic carbocycles. The molecular formula is C23H29N3O3. The number of hydrogen-bond acceptors (Lipinski definition) is 4. The average molecular weight is 396 g/mol. The first-order valence-electron chi connectivity index (χ1n) is 10.0. The Bertz CT molecular complexity index is 830. The lowest BCUT2D eigenvalue weighted by Crippen LogP contribution is -2.47. The van der Waals surface area contributed by atoms with Gasteiger partial charge in [0.05, 0.1) is 7.11 Å². The maximum Gasteiger partial charge on any atom is 0.254 e. The van der Waals surface area contributed by atoms with E-state index in [0.29, 0.717) is 25.1 Å². The summed E-state index contributed by atoms with van der Waals surface area (Å²) in [6.07, 6.45) is 0.321. The molecule has 1 N–H and O–H groups in total. The number of methoxy groups -OCH3 is 1. The van der Waals surface area contributed by atoms with Crippen LogP contribution in [0.25, 0.3) is 0 Å². The first kappa shape index (κ1) is 20.9. The van der Waals surface area contributed by atoms with Crippen LogP contribution in [-0.4, -0.2) is 61.4 Å². The lowest BCUT2D eigenvalue weighted by Gasteiger charge is -2.29. The molecule has 1 saturated heterocycles. The number of rotatable bonds is 7. The summed E-state index contributed by atoms with van der Waals surface area (Å²) in [5, 5.41) is 3.25. The van der Waals surface area contributed by atoms with E-state index in [4.69, 9.17) is 4.74 Å². The lowest BCUT2D eigenvalue weighted by atomic mass is 10.1. The van der Waals surface area contributed by atoms with Crippen molar-refractivity contribution in [2.24, 2.45) is 0 Å². The first-order chi connectivity index (χ1) is 14.1. The predicted molar refractivity (Wildman–Crippen MR) is 113 cm³/mol. The summed E-state index contributed by atoms with van der Waals surface area (Å²) in [7, 11) is 1.63. The van der Waals surface area contributed by atoms with Gasteiger partial charge in [0.1, 0.15) is 5.75 Å². The highest BCUT2D eigenvalue weighted by Crippen LogP contribution is 2.17. The molecule has 2 amide bonds. The summed E-state index contributed by atoms with van der Waals surface area (Å²) in [5.41, 5.74) is 2.71. The third kappa shape index (κ3) is 5.81. The highest BCUT2D eigenvalue weighted by Gasteiger charge is 2.21. The summed E-state index contributed by atoms with van der Waals surface area (Å²) in [5.74, 6) is 0.780. The highest BCUT2D eigenvalue weighted by molar-refractivity contribution is 5.94. The van der Waals surface area contributed by atoms with E-state index in [0.717, 1.165) is 43.1 Å². The number of hydrogen-bond donors (Lipinski definition) is 1. The van der Waals surface area contributed by atoms with Gasteiger partial charge in [-0.15, -0.1) is 0 Å². The third-order valence-corrected chi connectivity index (χ3v) is 5.16. The summed E-state index contributed by atoms with van der Waals surface area (Å²) in [6.45, 7) is 5.89. The maximum absolute atomic E-state index is 13.2. The van der Waals surface area contributed by atoms with Gasteiger partial charge in [0, 0.05) is 51.3 Å². The van der Waals surface area contributed by atoms with Crippen molar-refractivity contribution in [1.29, 1.82) is 0 Å². The van der Waals surface area contributed by atoms with Crippen LogP contribution in [0.3, 0.4) is 0 Å². The van der Waals surface area contributed by atoms with Crippen LogP contribution in [0.5, 0.6) is 5.75 Å². The van der Waals surface area contributed by atoms with Crippen molar-refractivity contribution in [2.45, 2.75) is 19.9 Å². The molecular weight excluding hydrogens is 366 g/mol. The van der Waals surface area contributed by atoms with E-state index < -0.39 is 0 Å². The van der Waals surface area contributed by atoms with Crippen molar-refractivity contribution in [3.8, 4) is 5.75 Å². The molecule has 1 heterocycles. The zero-order chi connectivity index (χ0) is 20.6. The minimum Gasteiger partial charge on any atom is -0.497 e. The molecule has 0 aromatic heterocycles. The van der Waals surface area contributed by atoms with Crippen LogP contribution in [0.15, 0.2) is 48.5 Å². The number of amides is 2. The van der Waals surface area contributed by atoms with Crippen molar-refractivity contribution < 1.29 is 14.3 Å². The monoisotopic (exact) mass is 395 g/mol. The average Bonchev–Trinajstić information content (AvgIpc) is 2.77. The molecule has 29 heavy (non-hydrogen) atoms. The molecule has 1 aliphatic heterocycles. The second-order valence-corrected chi connectivity index (χ2v) is 7.33. The zero-order valence-electron chi connectivity index (χ0n) is 17.2. The SMILES string of the molecule is COc1cccc(CN(CCC(=O)N2CCNCC2)C(=O)c2ccc(C)cc2)c1. The quantitative estimate of drug-likeness (QED) is 0.782. The smallest absolute Gasteiger partial charge is 0.254 e. The molecule has 1 aliphatic rings. The molecule has 0 atom stereocenters. The van der Waals surface area contributed by atoms with E-state index in [1.54, 1.807) is 12.0 Å². The van der Waals surface area contributed by atoms with E-state index in [1.807, 2.05) is 60.4 Å². The van der Waals surface area contributed by atoms with Crippen LogP contribution >= 0.6 is 0 Å². The van der Waals surface area contributed by atoms with Crippen LogP contribution in [0.1, 0.15) is 27.9 Å². The van der Waals surface area contributed by atoms with Gasteiger partial charge in [0.25, 0.3) is 5.91 Å².